The van der Waals surface area contributed by atoms with Gasteiger partial charge in [-0.1, -0.05) is 0 Å². The highest BCUT2D eigenvalue weighted by molar-refractivity contribution is 9.10. The second-order valence-electron chi connectivity index (χ2n) is 6.16. The monoisotopic (exact) mass is 484 g/mol. The second kappa shape index (κ2) is 10.4. The van der Waals surface area contributed by atoms with Crippen LogP contribution in [0, 0.1) is 5.82 Å². The first-order valence-corrected chi connectivity index (χ1v) is 10.8. The molecule has 0 amide bonds. The maximum absolute atomic E-state index is 13.3. The van der Waals surface area contributed by atoms with Gasteiger partial charge in [-0.3, -0.25) is 4.99 Å². The first-order valence-electron chi connectivity index (χ1n) is 9.12. The van der Waals surface area contributed by atoms with Gasteiger partial charge in [-0.15, -0.1) is 0 Å². The van der Waals surface area contributed by atoms with Crippen molar-refractivity contribution in [2.45, 2.75) is 25.0 Å². The van der Waals surface area contributed by atoms with Gasteiger partial charge in [0.1, 0.15) is 5.82 Å². The number of nitrogens with one attached hydrogen (secondary N) is 3. The summed E-state index contributed by atoms with van der Waals surface area (Å²) in [6.45, 7) is 3.82. The van der Waals surface area contributed by atoms with Crippen molar-refractivity contribution in [3.05, 3.63) is 34.2 Å². The Labute approximate surface area is 180 Å². The van der Waals surface area contributed by atoms with Crippen molar-refractivity contribution >= 4 is 51.2 Å². The number of guanidine groups is 1. The van der Waals surface area contributed by atoms with Crippen LogP contribution in [-0.2, 0) is 0 Å². The second-order valence-corrected chi connectivity index (χ2v) is 8.12. The number of nitrogens with two attached hydrogens (primary N) is 1. The largest absolute Gasteiger partial charge is 0.382 e. The fourth-order valence-electron chi connectivity index (χ4n) is 2.18. The van der Waals surface area contributed by atoms with Gasteiger partial charge in [-0.2, -0.15) is 0 Å². The first kappa shape index (κ1) is 21.4. The van der Waals surface area contributed by atoms with Crippen molar-refractivity contribution in [3.8, 4) is 0 Å². The van der Waals surface area contributed by atoms with Crippen LogP contribution in [0.3, 0.4) is 0 Å². The Morgan fingerprint density at radius 3 is 2.97 bits per heavy atom. The van der Waals surface area contributed by atoms with Gasteiger partial charge in [-0.25, -0.2) is 14.0 Å². The fraction of sp³-hybridized carbons (Fsp3) is 0.412. The van der Waals surface area contributed by atoms with Gasteiger partial charge in [-0.05, 0) is 76.2 Å². The zero-order valence-corrected chi connectivity index (χ0v) is 18.2. The van der Waals surface area contributed by atoms with Gasteiger partial charge in [0.15, 0.2) is 11.5 Å². The van der Waals surface area contributed by atoms with Crippen molar-refractivity contribution in [1.29, 1.82) is 0 Å². The molecule has 0 bridgehead atoms. The first-order chi connectivity index (χ1) is 14.1. The Balaban J connectivity index is 1.56. The van der Waals surface area contributed by atoms with Crippen LogP contribution < -0.4 is 21.1 Å². The molecule has 9 nitrogen and oxygen atoms in total. The summed E-state index contributed by atoms with van der Waals surface area (Å²) in [4.78, 5) is 8.74. The van der Waals surface area contributed by atoms with E-state index in [1.54, 1.807) is 11.9 Å². The highest BCUT2D eigenvalue weighted by Gasteiger charge is 2.22. The molecule has 1 aliphatic rings. The highest BCUT2D eigenvalue weighted by Crippen LogP contribution is 2.31. The van der Waals surface area contributed by atoms with Gasteiger partial charge >= 0.3 is 0 Å². The average Bonchev–Trinajstić information content (AvgIpc) is 3.41. The summed E-state index contributed by atoms with van der Waals surface area (Å²) < 4.78 is 21.7. The number of rotatable bonds is 9. The molecule has 0 spiro atoms. The molecule has 1 heterocycles. The Morgan fingerprint density at radius 2 is 2.24 bits per heavy atom. The Hall–Kier alpha value is -2.34. The zero-order valence-electron chi connectivity index (χ0n) is 15.8. The molecule has 0 atom stereocenters. The molecule has 2 aromatic rings. The summed E-state index contributed by atoms with van der Waals surface area (Å²) in [7, 11) is 0. The summed E-state index contributed by atoms with van der Waals surface area (Å²) in [6.07, 6.45) is 2.50. The normalized spacial score (nSPS) is 14.7. The topological polar surface area (TPSA) is 126 Å². The molecule has 1 aromatic carbocycles. The van der Waals surface area contributed by atoms with E-state index in [0.717, 1.165) is 12.5 Å². The smallest absolute Gasteiger partial charge is 0.202 e. The molecule has 156 valence electrons. The number of hydrogen-bond donors (Lipinski definition) is 4. The number of nitrogens with zero attached hydrogens (tertiary/aromatic N) is 4. The summed E-state index contributed by atoms with van der Waals surface area (Å²) in [5.41, 5.74) is 6.77. The third kappa shape index (κ3) is 6.60. The molecule has 1 saturated carbocycles. The number of benzene rings is 1. The van der Waals surface area contributed by atoms with Crippen molar-refractivity contribution < 1.29 is 9.02 Å². The predicted octanol–water partition coefficient (Wildman–Crippen LogP) is 2.79. The minimum atomic E-state index is -0.379. The van der Waals surface area contributed by atoms with Crippen molar-refractivity contribution in [2.24, 2.45) is 15.7 Å². The summed E-state index contributed by atoms with van der Waals surface area (Å²) >= 11 is 4.81. The standard InChI is InChI=1S/C17H22BrFN8OS/c1-2-21-17(27-29-11-4-5-11)23-8-7-22-16-14(25-28-26-16)15(20)24-10-3-6-13(19)12(18)9-10/h3,6,9,11H,2,4-5,7-8H2,1H3,(H2,20,24)(H,22,26)(H2,21,23,27). The summed E-state index contributed by atoms with van der Waals surface area (Å²) in [5.74, 6) is 0.850. The molecule has 5 N–H and O–H groups in total. The molecule has 0 unspecified atom stereocenters. The molecule has 1 aliphatic carbocycles. The van der Waals surface area contributed by atoms with Gasteiger partial charge in [0.2, 0.25) is 11.8 Å². The molecular weight excluding hydrogens is 463 g/mol. The molecule has 0 radical (unpaired) electrons. The van der Waals surface area contributed by atoms with E-state index in [9.17, 15) is 4.39 Å². The molecule has 0 aliphatic heterocycles. The van der Waals surface area contributed by atoms with Crippen LogP contribution in [0.5, 0.6) is 0 Å². The van der Waals surface area contributed by atoms with Crippen molar-refractivity contribution in [3.63, 3.8) is 0 Å². The Kier molecular flexibility index (Phi) is 7.69. The van der Waals surface area contributed by atoms with Crippen LogP contribution >= 0.6 is 27.9 Å². The van der Waals surface area contributed by atoms with E-state index in [-0.39, 0.29) is 17.3 Å². The molecule has 0 saturated heterocycles. The Bertz CT molecular complexity index is 886. The SMILES string of the molecule is CCNC(=NCCNc1nonc1C(N)=Nc1ccc(F)c(Br)c1)NSC1CC1. The van der Waals surface area contributed by atoms with Crippen LogP contribution in [-0.4, -0.2) is 47.0 Å². The van der Waals surface area contributed by atoms with Crippen molar-refractivity contribution in [1.82, 2.24) is 20.4 Å². The predicted molar refractivity (Wildman–Crippen MR) is 117 cm³/mol. The van der Waals surface area contributed by atoms with Crippen LogP contribution in [0.2, 0.25) is 0 Å². The summed E-state index contributed by atoms with van der Waals surface area (Å²) in [5, 5.41) is 14.6. The van der Waals surface area contributed by atoms with E-state index in [4.69, 9.17) is 10.4 Å². The molecular formula is C17H22BrFN8OS. The number of amidine groups is 1. The minimum absolute atomic E-state index is 0.103. The highest BCUT2D eigenvalue weighted by atomic mass is 79.9. The lowest BCUT2D eigenvalue weighted by atomic mass is 10.3. The van der Waals surface area contributed by atoms with E-state index in [2.05, 4.69) is 51.6 Å². The van der Waals surface area contributed by atoms with Crippen LogP contribution in [0.4, 0.5) is 15.9 Å². The molecule has 1 aromatic heterocycles. The van der Waals surface area contributed by atoms with E-state index in [1.165, 1.54) is 31.0 Å². The fourth-order valence-corrected chi connectivity index (χ4v) is 3.33. The van der Waals surface area contributed by atoms with Gasteiger partial charge in [0.25, 0.3) is 0 Å². The van der Waals surface area contributed by atoms with E-state index >= 15 is 0 Å². The third-order valence-corrected chi connectivity index (χ3v) is 5.47. The maximum atomic E-state index is 13.3. The molecule has 12 heteroatoms. The van der Waals surface area contributed by atoms with E-state index < -0.39 is 0 Å². The third-order valence-electron chi connectivity index (χ3n) is 3.75. The van der Waals surface area contributed by atoms with Crippen LogP contribution in [0.25, 0.3) is 0 Å². The lowest BCUT2D eigenvalue weighted by Gasteiger charge is -2.10. The quantitative estimate of drug-likeness (QED) is 0.185. The molecule has 29 heavy (non-hydrogen) atoms. The van der Waals surface area contributed by atoms with Gasteiger partial charge in [0, 0.05) is 18.3 Å². The number of aliphatic imine (C=N–C) groups is 2. The summed E-state index contributed by atoms with van der Waals surface area (Å²) in [6, 6.07) is 4.33. The van der Waals surface area contributed by atoms with E-state index in [0.29, 0.717) is 34.3 Å². The van der Waals surface area contributed by atoms with Gasteiger partial charge < -0.3 is 21.1 Å². The lowest BCUT2D eigenvalue weighted by molar-refractivity contribution is 0.308. The number of halogens is 2. The zero-order chi connectivity index (χ0) is 20.6. The van der Waals surface area contributed by atoms with Gasteiger partial charge in [0.05, 0.1) is 16.7 Å². The Morgan fingerprint density at radius 1 is 1.41 bits per heavy atom. The molecule has 3 rings (SSSR count). The number of anilines is 1. The maximum Gasteiger partial charge on any atom is 0.202 e. The molecule has 1 fully saturated rings. The van der Waals surface area contributed by atoms with E-state index in [1.807, 2.05) is 6.92 Å². The van der Waals surface area contributed by atoms with Crippen molar-refractivity contribution in [2.75, 3.05) is 25.0 Å². The number of hydrogen-bond acceptors (Lipinski definition) is 7. The van der Waals surface area contributed by atoms with Crippen LogP contribution in [0.1, 0.15) is 25.5 Å². The average molecular weight is 485 g/mol. The minimum Gasteiger partial charge on any atom is -0.382 e. The number of aromatic nitrogens is 2. The van der Waals surface area contributed by atoms with Crippen LogP contribution in [0.15, 0.2) is 37.3 Å². The lowest BCUT2D eigenvalue weighted by Crippen LogP contribution is -2.34.